The van der Waals surface area contributed by atoms with E-state index in [0.29, 0.717) is 29.1 Å². The molecule has 15 heteroatoms. The SMILES string of the molecule is N#CC1CC(c2ncc(-c3nc4c5c(nn4cc3F)C3CC5c4c(OC(F)F)cccc4C(=O)N3C(O)(O)O)cn2)C1. The molecule has 0 saturated heterocycles. The van der Waals surface area contributed by atoms with Crippen molar-refractivity contribution in [2.75, 3.05) is 0 Å². The first-order valence-electron chi connectivity index (χ1n) is 12.9. The highest BCUT2D eigenvalue weighted by Gasteiger charge is 2.53. The smallest absolute Gasteiger partial charge is 0.387 e. The molecule has 1 fully saturated rings. The summed E-state index contributed by atoms with van der Waals surface area (Å²) in [5.41, 5.74) is 0.440. The van der Waals surface area contributed by atoms with Crippen LogP contribution in [0, 0.1) is 23.1 Å². The number of benzene rings is 1. The predicted molar refractivity (Wildman–Crippen MR) is 133 cm³/mol. The van der Waals surface area contributed by atoms with Gasteiger partial charge in [-0.3, -0.25) is 9.69 Å². The summed E-state index contributed by atoms with van der Waals surface area (Å²) in [6, 6.07) is 4.79. The lowest BCUT2D eigenvalue weighted by atomic mass is 9.75. The van der Waals surface area contributed by atoms with Crippen LogP contribution < -0.4 is 4.74 Å². The van der Waals surface area contributed by atoms with E-state index < -0.39 is 36.4 Å². The standard InChI is InChI=1S/C27H20F3N7O5/c28-16-10-36-24(34-21(16)13-8-32-23(33-9-13)12-4-11(5-12)7-31)20-15-6-17(22(20)35-36)37(27(39,40)41)25(38)14-2-1-3-18(19(14)15)42-26(29)30/h1-3,8-12,15,17,26,39-41H,4-6H2. The summed E-state index contributed by atoms with van der Waals surface area (Å²) < 4.78 is 47.9. The third kappa shape index (κ3) is 3.91. The normalized spacial score (nSPS) is 22.9. The van der Waals surface area contributed by atoms with E-state index >= 15 is 4.39 Å². The van der Waals surface area contributed by atoms with Crippen LogP contribution in [0.15, 0.2) is 36.8 Å². The summed E-state index contributed by atoms with van der Waals surface area (Å²) in [6.07, 6.45) is 1.45. The third-order valence-corrected chi connectivity index (χ3v) is 8.10. The molecule has 0 radical (unpaired) electrons. The Morgan fingerprint density at radius 2 is 1.86 bits per heavy atom. The van der Waals surface area contributed by atoms with Gasteiger partial charge in [0.25, 0.3) is 5.91 Å². The van der Waals surface area contributed by atoms with Crippen molar-refractivity contribution in [1.82, 2.24) is 29.5 Å². The molecular weight excluding hydrogens is 559 g/mol. The van der Waals surface area contributed by atoms with Crippen LogP contribution in [-0.4, -0.2) is 63.4 Å². The highest BCUT2D eigenvalue weighted by molar-refractivity contribution is 5.98. The second-order valence-electron chi connectivity index (χ2n) is 10.5. The van der Waals surface area contributed by atoms with E-state index in [4.69, 9.17) is 10.00 Å². The summed E-state index contributed by atoms with van der Waals surface area (Å²) in [6.45, 7) is -3.23. The molecule has 42 heavy (non-hydrogen) atoms. The van der Waals surface area contributed by atoms with Crippen LogP contribution in [0.1, 0.15) is 70.1 Å². The van der Waals surface area contributed by atoms with Crippen LogP contribution in [0.2, 0.25) is 0 Å². The monoisotopic (exact) mass is 579 g/mol. The fourth-order valence-corrected chi connectivity index (χ4v) is 6.22. The number of aromatic nitrogens is 5. The number of nitriles is 1. The van der Waals surface area contributed by atoms with Gasteiger partial charge >= 0.3 is 12.7 Å². The number of ether oxygens (including phenoxy) is 1. The Kier molecular flexibility index (Phi) is 5.74. The first kappa shape index (κ1) is 26.3. The zero-order valence-corrected chi connectivity index (χ0v) is 21.4. The highest BCUT2D eigenvalue weighted by Crippen LogP contribution is 2.54. The molecule has 4 heterocycles. The molecule has 1 saturated carbocycles. The molecule has 3 N–H and O–H groups in total. The number of hydrogen-bond donors (Lipinski definition) is 3. The van der Waals surface area contributed by atoms with Gasteiger partial charge in [-0.1, -0.05) is 6.07 Å². The summed E-state index contributed by atoms with van der Waals surface area (Å²) in [7, 11) is 0. The van der Waals surface area contributed by atoms with E-state index in [9.17, 15) is 28.9 Å². The van der Waals surface area contributed by atoms with Gasteiger partial charge in [-0.15, -0.1) is 0 Å². The lowest BCUT2D eigenvalue weighted by Gasteiger charge is -2.34. The first-order chi connectivity index (χ1) is 20.0. The molecule has 2 bridgehead atoms. The minimum Gasteiger partial charge on any atom is -0.434 e. The van der Waals surface area contributed by atoms with Crippen molar-refractivity contribution >= 4 is 11.6 Å². The minimum atomic E-state index is -3.64. The highest BCUT2D eigenvalue weighted by atomic mass is 19.3. The number of nitrogens with zero attached hydrogens (tertiary/aromatic N) is 7. The van der Waals surface area contributed by atoms with Crippen LogP contribution >= 0.6 is 0 Å². The van der Waals surface area contributed by atoms with Gasteiger partial charge in [0.1, 0.15) is 17.3 Å². The Morgan fingerprint density at radius 3 is 2.52 bits per heavy atom. The largest absolute Gasteiger partial charge is 0.434 e. The minimum absolute atomic E-state index is 0.0183. The summed E-state index contributed by atoms with van der Waals surface area (Å²) in [4.78, 5) is 27.0. The molecule has 1 aromatic carbocycles. The number of rotatable bonds is 5. The Labute approximate surface area is 234 Å². The lowest BCUT2D eigenvalue weighted by Crippen LogP contribution is -2.53. The second kappa shape index (κ2) is 9.18. The Balaban J connectivity index is 1.38. The number of amides is 1. The van der Waals surface area contributed by atoms with Gasteiger partial charge in [0, 0.05) is 52.4 Å². The van der Waals surface area contributed by atoms with Gasteiger partial charge < -0.3 is 20.1 Å². The maximum absolute atomic E-state index is 15.3. The number of fused-ring (bicyclic) bond motifs is 9. The number of halogens is 3. The fourth-order valence-electron chi connectivity index (χ4n) is 6.22. The molecule has 3 aliphatic rings. The van der Waals surface area contributed by atoms with Gasteiger partial charge in [-0.05, 0) is 31.4 Å². The molecule has 1 amide bonds. The second-order valence-corrected chi connectivity index (χ2v) is 10.5. The molecule has 4 aromatic rings. The van der Waals surface area contributed by atoms with Gasteiger partial charge in [0.2, 0.25) is 0 Å². The number of alkyl halides is 2. The summed E-state index contributed by atoms with van der Waals surface area (Å²) in [5.74, 6) is -2.51. The van der Waals surface area contributed by atoms with Gasteiger partial charge in [-0.2, -0.15) is 19.1 Å². The van der Waals surface area contributed by atoms with E-state index in [-0.39, 0.29) is 57.7 Å². The zero-order valence-electron chi connectivity index (χ0n) is 21.4. The fraction of sp³-hybridized carbons (Fsp3) is 0.333. The maximum Gasteiger partial charge on any atom is 0.387 e. The van der Waals surface area contributed by atoms with Gasteiger partial charge in [-0.25, -0.2) is 23.9 Å². The Hall–Kier alpha value is -4.65. The molecule has 12 nitrogen and oxygen atoms in total. The van der Waals surface area contributed by atoms with E-state index in [1.807, 2.05) is 0 Å². The van der Waals surface area contributed by atoms with E-state index in [0.717, 1.165) is 10.7 Å². The van der Waals surface area contributed by atoms with Crippen molar-refractivity contribution in [1.29, 1.82) is 5.26 Å². The van der Waals surface area contributed by atoms with Crippen molar-refractivity contribution in [3.05, 3.63) is 70.8 Å². The number of carbonyl (C=O) groups is 1. The number of aliphatic hydroxyl groups is 3. The van der Waals surface area contributed by atoms with Crippen LogP contribution in [0.4, 0.5) is 13.2 Å². The zero-order chi connectivity index (χ0) is 29.5. The molecule has 1 aliphatic heterocycles. The average molecular weight is 579 g/mol. The van der Waals surface area contributed by atoms with Crippen LogP contribution in [0.3, 0.4) is 0 Å². The average Bonchev–Trinajstić information content (AvgIpc) is 3.39. The van der Waals surface area contributed by atoms with Gasteiger partial charge in [0.05, 0.1) is 24.0 Å². The molecule has 2 aliphatic carbocycles. The quantitative estimate of drug-likeness (QED) is 0.299. The molecule has 7 rings (SSSR count). The summed E-state index contributed by atoms with van der Waals surface area (Å²) >= 11 is 0. The van der Waals surface area contributed by atoms with E-state index in [2.05, 4.69) is 26.1 Å². The van der Waals surface area contributed by atoms with E-state index in [1.54, 1.807) is 0 Å². The van der Waals surface area contributed by atoms with Gasteiger partial charge in [0.15, 0.2) is 11.5 Å². The van der Waals surface area contributed by atoms with Crippen LogP contribution in [-0.2, 0) is 0 Å². The number of hydrogen-bond acceptors (Lipinski definition) is 10. The van der Waals surface area contributed by atoms with Crippen molar-refractivity contribution < 1.29 is 38.0 Å². The molecule has 214 valence electrons. The molecule has 2 atom stereocenters. The van der Waals surface area contributed by atoms with Crippen LogP contribution in [0.5, 0.6) is 5.75 Å². The topological polar surface area (TPSA) is 170 Å². The van der Waals surface area contributed by atoms with Crippen molar-refractivity contribution in [2.45, 2.75) is 49.8 Å². The number of carbonyl (C=O) groups excluding carboxylic acids is 1. The first-order valence-corrected chi connectivity index (χ1v) is 12.9. The van der Waals surface area contributed by atoms with E-state index in [1.165, 1.54) is 30.6 Å². The predicted octanol–water partition coefficient (Wildman–Crippen LogP) is 2.56. The lowest BCUT2D eigenvalue weighted by molar-refractivity contribution is -0.385. The molecule has 3 aromatic heterocycles. The molecule has 0 spiro atoms. The van der Waals surface area contributed by atoms with Crippen molar-refractivity contribution in [3.63, 3.8) is 0 Å². The maximum atomic E-state index is 15.3. The van der Waals surface area contributed by atoms with Crippen LogP contribution in [0.25, 0.3) is 16.9 Å². The third-order valence-electron chi connectivity index (χ3n) is 8.10. The van der Waals surface area contributed by atoms with Crippen molar-refractivity contribution in [3.8, 4) is 23.1 Å². The summed E-state index contributed by atoms with van der Waals surface area (Å²) in [5, 5.41) is 43.9. The Bertz CT molecular complexity index is 1800. The molecule has 2 unspecified atom stereocenters. The molecular formula is C27H20F3N7O5. The Morgan fingerprint density at radius 1 is 1.12 bits per heavy atom. The van der Waals surface area contributed by atoms with Crippen molar-refractivity contribution in [2.24, 2.45) is 5.92 Å².